The molecular weight excluding hydrogens is 152 g/mol. The molecule has 5 N–H and O–H groups in total. The monoisotopic (exact) mass is 164 g/mol. The highest BCUT2D eigenvalue weighted by atomic mass is 15.5. The van der Waals surface area contributed by atoms with Crippen LogP contribution in [0.2, 0.25) is 0 Å². The van der Waals surface area contributed by atoms with Gasteiger partial charge in [0.15, 0.2) is 0 Å². The minimum absolute atomic E-state index is 0.476. The summed E-state index contributed by atoms with van der Waals surface area (Å²) >= 11 is 0. The molecule has 1 aromatic carbocycles. The molecule has 0 radical (unpaired) electrons. The third kappa shape index (κ3) is 2.59. The molecule has 4 heteroatoms. The number of hydrogen-bond acceptors (Lipinski definition) is 3. The number of nitrogens with zero attached hydrogens (tertiary/aromatic N) is 1. The summed E-state index contributed by atoms with van der Waals surface area (Å²) in [6, 6.07) is 9.84. The van der Waals surface area contributed by atoms with Crippen molar-refractivity contribution < 1.29 is 0 Å². The summed E-state index contributed by atoms with van der Waals surface area (Å²) in [6.45, 7) is 0. The van der Waals surface area contributed by atoms with Crippen LogP contribution in [0.1, 0.15) is 5.56 Å². The minimum atomic E-state index is 0.476. The van der Waals surface area contributed by atoms with Crippen molar-refractivity contribution in [1.82, 2.24) is 5.53 Å². The molecule has 0 fully saturated rings. The molecule has 0 aromatic heterocycles. The Morgan fingerprint density at radius 1 is 1.33 bits per heavy atom. The number of nitrogens with one attached hydrogen (secondary N) is 1. The zero-order valence-electron chi connectivity index (χ0n) is 6.70. The third-order valence-electron chi connectivity index (χ3n) is 1.44. The van der Waals surface area contributed by atoms with Crippen molar-refractivity contribution in [3.05, 3.63) is 35.9 Å². The molecule has 0 saturated carbocycles. The lowest BCUT2D eigenvalue weighted by atomic mass is 10.1. The van der Waals surface area contributed by atoms with Crippen molar-refractivity contribution in [1.29, 1.82) is 0 Å². The third-order valence-corrected chi connectivity index (χ3v) is 1.44. The maximum Gasteiger partial charge on any atom is 0.125 e. The lowest BCUT2D eigenvalue weighted by Gasteiger charge is -1.99. The predicted molar refractivity (Wildman–Crippen MR) is 49.1 cm³/mol. The lowest BCUT2D eigenvalue weighted by Crippen LogP contribution is -2.23. The first-order valence-corrected chi connectivity index (χ1v) is 3.64. The molecular formula is C8H12N4. The SMILES string of the molecule is NN/N=C(\N)Cc1ccccc1. The van der Waals surface area contributed by atoms with Gasteiger partial charge in [0.25, 0.3) is 0 Å². The van der Waals surface area contributed by atoms with Gasteiger partial charge in [-0.2, -0.15) is 5.10 Å². The molecule has 0 spiro atoms. The number of benzene rings is 1. The van der Waals surface area contributed by atoms with Crippen LogP contribution in [0.3, 0.4) is 0 Å². The van der Waals surface area contributed by atoms with Crippen LogP contribution in [0.5, 0.6) is 0 Å². The van der Waals surface area contributed by atoms with E-state index in [1.165, 1.54) is 0 Å². The normalized spacial score (nSPS) is 11.2. The van der Waals surface area contributed by atoms with E-state index >= 15 is 0 Å². The van der Waals surface area contributed by atoms with E-state index in [9.17, 15) is 0 Å². The molecule has 0 atom stereocenters. The van der Waals surface area contributed by atoms with Crippen LogP contribution in [0, 0.1) is 0 Å². The van der Waals surface area contributed by atoms with Gasteiger partial charge >= 0.3 is 0 Å². The van der Waals surface area contributed by atoms with Crippen LogP contribution < -0.4 is 17.1 Å². The van der Waals surface area contributed by atoms with Crippen LogP contribution in [0.4, 0.5) is 0 Å². The van der Waals surface area contributed by atoms with Gasteiger partial charge in [0, 0.05) is 6.42 Å². The van der Waals surface area contributed by atoms with Crippen LogP contribution in [0.25, 0.3) is 0 Å². The molecule has 0 heterocycles. The Bertz CT molecular complexity index is 255. The maximum absolute atomic E-state index is 5.52. The smallest absolute Gasteiger partial charge is 0.125 e. The van der Waals surface area contributed by atoms with Crippen LogP contribution >= 0.6 is 0 Å². The molecule has 1 rings (SSSR count). The molecule has 12 heavy (non-hydrogen) atoms. The Morgan fingerprint density at radius 2 is 2.00 bits per heavy atom. The predicted octanol–water partition coefficient (Wildman–Crippen LogP) is -0.0354. The zero-order valence-corrected chi connectivity index (χ0v) is 6.70. The Kier molecular flexibility index (Phi) is 3.10. The molecule has 0 saturated heterocycles. The number of hydrazone groups is 1. The van der Waals surface area contributed by atoms with E-state index < -0.39 is 0 Å². The summed E-state index contributed by atoms with van der Waals surface area (Å²) in [6.07, 6.45) is 0.616. The summed E-state index contributed by atoms with van der Waals surface area (Å²) in [5.74, 6) is 5.44. The van der Waals surface area contributed by atoms with E-state index in [1.807, 2.05) is 30.3 Å². The molecule has 4 nitrogen and oxygen atoms in total. The fraction of sp³-hybridized carbons (Fsp3) is 0.125. The summed E-state index contributed by atoms with van der Waals surface area (Å²) in [5.41, 5.74) is 8.79. The fourth-order valence-corrected chi connectivity index (χ4v) is 0.927. The molecule has 1 aromatic rings. The minimum Gasteiger partial charge on any atom is -0.385 e. The van der Waals surface area contributed by atoms with Gasteiger partial charge in [0.05, 0.1) is 0 Å². The van der Waals surface area contributed by atoms with Gasteiger partial charge in [-0.15, -0.1) is 0 Å². The van der Waals surface area contributed by atoms with Crippen LogP contribution in [-0.4, -0.2) is 5.84 Å². The average Bonchev–Trinajstić information content (AvgIpc) is 2.06. The molecule has 64 valence electrons. The van der Waals surface area contributed by atoms with E-state index in [4.69, 9.17) is 11.6 Å². The molecule has 0 aliphatic heterocycles. The van der Waals surface area contributed by atoms with Crippen molar-refractivity contribution in [2.24, 2.45) is 16.7 Å². The molecule has 0 aliphatic carbocycles. The summed E-state index contributed by atoms with van der Waals surface area (Å²) in [5, 5.41) is 3.64. The molecule has 0 aliphatic rings. The highest BCUT2D eigenvalue weighted by molar-refractivity contribution is 5.82. The number of hydrogen-bond donors (Lipinski definition) is 3. The highest BCUT2D eigenvalue weighted by Gasteiger charge is 1.94. The van der Waals surface area contributed by atoms with E-state index in [0.717, 1.165) is 5.56 Å². The second-order valence-corrected chi connectivity index (χ2v) is 2.39. The van der Waals surface area contributed by atoms with Crippen molar-refractivity contribution in [3.8, 4) is 0 Å². The first-order valence-electron chi connectivity index (χ1n) is 3.64. The second-order valence-electron chi connectivity index (χ2n) is 2.39. The zero-order chi connectivity index (χ0) is 8.81. The second kappa shape index (κ2) is 4.35. The number of hydrazine groups is 1. The standard InChI is InChI=1S/C8H12N4/c9-8(11-12-10)6-7-4-2-1-3-5-7/h1-5,12H,6,10H2,(H2,9,11). The molecule has 0 bridgehead atoms. The fourth-order valence-electron chi connectivity index (χ4n) is 0.927. The number of rotatable bonds is 3. The Morgan fingerprint density at radius 3 is 2.58 bits per heavy atom. The van der Waals surface area contributed by atoms with Crippen molar-refractivity contribution in [3.63, 3.8) is 0 Å². The highest BCUT2D eigenvalue weighted by Crippen LogP contribution is 1.98. The topological polar surface area (TPSA) is 76.4 Å². The van der Waals surface area contributed by atoms with Gasteiger partial charge in [0.1, 0.15) is 5.84 Å². The Hall–Kier alpha value is -1.55. The van der Waals surface area contributed by atoms with Crippen molar-refractivity contribution in [2.45, 2.75) is 6.42 Å². The molecule has 0 unspecified atom stereocenters. The first-order chi connectivity index (χ1) is 5.83. The van der Waals surface area contributed by atoms with Gasteiger partial charge in [0.2, 0.25) is 0 Å². The summed E-state index contributed by atoms with van der Waals surface area (Å²) < 4.78 is 0. The van der Waals surface area contributed by atoms with E-state index in [0.29, 0.717) is 12.3 Å². The molecule has 0 amide bonds. The van der Waals surface area contributed by atoms with E-state index in [1.54, 1.807) is 0 Å². The van der Waals surface area contributed by atoms with Crippen LogP contribution in [-0.2, 0) is 6.42 Å². The summed E-state index contributed by atoms with van der Waals surface area (Å²) in [4.78, 5) is 0. The van der Waals surface area contributed by atoms with Crippen LogP contribution in [0.15, 0.2) is 35.4 Å². The first kappa shape index (κ1) is 8.55. The van der Waals surface area contributed by atoms with Crippen molar-refractivity contribution in [2.75, 3.05) is 0 Å². The van der Waals surface area contributed by atoms with Crippen molar-refractivity contribution >= 4 is 5.84 Å². The number of amidine groups is 1. The van der Waals surface area contributed by atoms with E-state index in [2.05, 4.69) is 10.6 Å². The van der Waals surface area contributed by atoms with Gasteiger partial charge < -0.3 is 5.73 Å². The Balaban J connectivity index is 2.58. The van der Waals surface area contributed by atoms with Gasteiger partial charge in [-0.25, -0.2) is 11.4 Å². The lowest BCUT2D eigenvalue weighted by molar-refractivity contribution is 0.799. The van der Waals surface area contributed by atoms with E-state index in [-0.39, 0.29) is 0 Å². The van der Waals surface area contributed by atoms with Gasteiger partial charge in [-0.05, 0) is 5.56 Å². The average molecular weight is 164 g/mol. The van der Waals surface area contributed by atoms with Gasteiger partial charge in [-0.3, -0.25) is 0 Å². The van der Waals surface area contributed by atoms with Gasteiger partial charge in [-0.1, -0.05) is 30.3 Å². The Labute approximate surface area is 71.2 Å². The number of nitrogens with two attached hydrogens (primary N) is 2. The maximum atomic E-state index is 5.52. The summed E-state index contributed by atoms with van der Waals surface area (Å²) in [7, 11) is 0. The largest absolute Gasteiger partial charge is 0.385 e. The quantitative estimate of drug-likeness (QED) is 0.254.